The van der Waals surface area contributed by atoms with Crippen molar-refractivity contribution in [2.24, 2.45) is 10.7 Å². The molecule has 5 rings (SSSR count). The molecule has 3 aromatic carbocycles. The Kier molecular flexibility index (Phi) is 9.59. The van der Waals surface area contributed by atoms with Crippen LogP contribution in [0.25, 0.3) is 6.08 Å². The molecule has 0 fully saturated rings. The molecule has 248 valence electrons. The van der Waals surface area contributed by atoms with Crippen LogP contribution in [0.4, 0.5) is 8.78 Å². The third-order valence-electron chi connectivity index (χ3n) is 6.93. The molecule has 5 N–H and O–H groups in total. The van der Waals surface area contributed by atoms with Gasteiger partial charge in [-0.2, -0.15) is 13.8 Å². The zero-order valence-electron chi connectivity index (χ0n) is 25.8. The predicted molar refractivity (Wildman–Crippen MR) is 170 cm³/mol. The summed E-state index contributed by atoms with van der Waals surface area (Å²) in [5, 5.41) is 27.1. The molecular formula is C33H29F2N5O8. The number of hydrogen-bond donors (Lipinski definition) is 4. The standard InChI is InChI=1S/C33H29F2N5O8/c1-40-12-11-38-31(40)19-5-4-6-20(15-19)46-32-26(34)29(27(35)33(39-32)47-22-16-18(30(36)37)8-9-21(22)41)48-28-23(44-2)13-17(7-10-25(42)43)14-24(28)45-3/h4-10,13-16,41H,11-12H2,1-3H3,(H3,36,37)(H,42,43). The van der Waals surface area contributed by atoms with Crippen molar-refractivity contribution in [3.05, 3.63) is 89.0 Å². The average molecular weight is 662 g/mol. The maximum absolute atomic E-state index is 16.2. The molecule has 0 saturated carbocycles. The molecular weight excluding hydrogens is 632 g/mol. The number of rotatable bonds is 12. The number of halogens is 2. The van der Waals surface area contributed by atoms with Gasteiger partial charge in [-0.15, -0.1) is 0 Å². The average Bonchev–Trinajstić information content (AvgIpc) is 3.50. The Morgan fingerprint density at radius 2 is 1.65 bits per heavy atom. The van der Waals surface area contributed by atoms with Crippen LogP contribution in [-0.2, 0) is 4.79 Å². The molecule has 0 aliphatic carbocycles. The van der Waals surface area contributed by atoms with Gasteiger partial charge in [-0.25, -0.2) is 4.79 Å². The lowest BCUT2D eigenvalue weighted by Gasteiger charge is -2.18. The normalized spacial score (nSPS) is 12.5. The van der Waals surface area contributed by atoms with E-state index in [-0.39, 0.29) is 40.1 Å². The number of methoxy groups -OCH3 is 2. The third kappa shape index (κ3) is 7.04. The van der Waals surface area contributed by atoms with Gasteiger partial charge in [0.2, 0.25) is 23.1 Å². The zero-order chi connectivity index (χ0) is 34.5. The van der Waals surface area contributed by atoms with Gasteiger partial charge in [-0.05, 0) is 54.1 Å². The Bertz CT molecular complexity index is 1940. The minimum Gasteiger partial charge on any atom is -0.504 e. The number of pyridine rings is 1. The summed E-state index contributed by atoms with van der Waals surface area (Å²) < 4.78 is 60.2. The Morgan fingerprint density at radius 3 is 2.25 bits per heavy atom. The van der Waals surface area contributed by atoms with Crippen LogP contribution in [0, 0.1) is 17.0 Å². The van der Waals surface area contributed by atoms with Gasteiger partial charge in [0.1, 0.15) is 17.4 Å². The second-order valence-corrected chi connectivity index (χ2v) is 10.2. The molecule has 13 nitrogen and oxygen atoms in total. The Balaban J connectivity index is 1.63. The Morgan fingerprint density at radius 1 is 0.958 bits per heavy atom. The summed E-state index contributed by atoms with van der Waals surface area (Å²) in [7, 11) is 4.40. The molecule has 0 spiro atoms. The third-order valence-corrected chi connectivity index (χ3v) is 6.93. The lowest BCUT2D eigenvalue weighted by molar-refractivity contribution is -0.131. The molecule has 0 unspecified atom stereocenters. The van der Waals surface area contributed by atoms with Gasteiger partial charge in [-0.3, -0.25) is 10.4 Å². The first-order valence-electron chi connectivity index (χ1n) is 14.1. The van der Waals surface area contributed by atoms with Crippen molar-refractivity contribution in [2.45, 2.75) is 0 Å². The van der Waals surface area contributed by atoms with Gasteiger partial charge in [0.05, 0.1) is 20.8 Å². The van der Waals surface area contributed by atoms with E-state index in [9.17, 15) is 9.90 Å². The van der Waals surface area contributed by atoms with Crippen molar-refractivity contribution < 1.29 is 47.5 Å². The number of carboxylic acid groups (broad SMARTS) is 1. The number of ether oxygens (including phenoxy) is 5. The highest BCUT2D eigenvalue weighted by Crippen LogP contribution is 2.46. The highest BCUT2D eigenvalue weighted by molar-refractivity contribution is 6.00. The maximum atomic E-state index is 16.2. The smallest absolute Gasteiger partial charge is 0.328 e. The topological polar surface area (TPSA) is 182 Å². The number of aliphatic imine (C=N–C) groups is 1. The summed E-state index contributed by atoms with van der Waals surface area (Å²) in [6.45, 7) is 1.32. The molecule has 1 aliphatic rings. The van der Waals surface area contributed by atoms with Crippen LogP contribution in [0.5, 0.6) is 52.0 Å². The summed E-state index contributed by atoms with van der Waals surface area (Å²) in [6, 6.07) is 13.0. The lowest BCUT2D eigenvalue weighted by atomic mass is 10.1. The molecule has 15 heteroatoms. The van der Waals surface area contributed by atoms with Crippen LogP contribution >= 0.6 is 0 Å². The first kappa shape index (κ1) is 33.0. The molecule has 0 saturated heterocycles. The molecule has 2 heterocycles. The number of nitrogens with zero attached hydrogens (tertiary/aromatic N) is 3. The number of nitrogens with two attached hydrogens (primary N) is 1. The van der Waals surface area contributed by atoms with Crippen LogP contribution in [-0.4, -0.2) is 72.1 Å². The van der Waals surface area contributed by atoms with E-state index in [4.69, 9.17) is 39.9 Å². The number of aromatic hydroxyl groups is 1. The molecule has 0 amide bonds. The fourth-order valence-corrected chi connectivity index (χ4v) is 4.59. The molecule has 1 aromatic heterocycles. The van der Waals surface area contributed by atoms with Crippen LogP contribution in [0.3, 0.4) is 0 Å². The quantitative estimate of drug-likeness (QED) is 0.0851. The van der Waals surface area contributed by atoms with Gasteiger partial charge in [0, 0.05) is 30.8 Å². The number of carboxylic acids is 1. The summed E-state index contributed by atoms with van der Waals surface area (Å²) in [6.07, 6.45) is 2.14. The number of carbonyl (C=O) groups is 1. The number of hydrogen-bond acceptors (Lipinski definition) is 11. The first-order chi connectivity index (χ1) is 23.0. The van der Waals surface area contributed by atoms with E-state index in [1.165, 1.54) is 56.7 Å². The van der Waals surface area contributed by atoms with Crippen molar-refractivity contribution in [1.82, 2.24) is 9.88 Å². The number of benzene rings is 3. The largest absolute Gasteiger partial charge is 0.504 e. The van der Waals surface area contributed by atoms with Crippen molar-refractivity contribution in [3.8, 4) is 52.0 Å². The van der Waals surface area contributed by atoms with E-state index in [2.05, 4.69) is 9.98 Å². The maximum Gasteiger partial charge on any atom is 0.328 e. The van der Waals surface area contributed by atoms with Gasteiger partial charge in [0.15, 0.2) is 23.0 Å². The number of likely N-dealkylation sites (N-methyl/N-ethyl adjacent to an activating group) is 1. The van der Waals surface area contributed by atoms with Crippen molar-refractivity contribution in [2.75, 3.05) is 34.4 Å². The number of aromatic nitrogens is 1. The molecule has 0 radical (unpaired) electrons. The molecule has 0 atom stereocenters. The van der Waals surface area contributed by atoms with Crippen LogP contribution < -0.4 is 29.4 Å². The molecule has 0 bridgehead atoms. The molecule has 48 heavy (non-hydrogen) atoms. The van der Waals surface area contributed by atoms with E-state index >= 15 is 8.78 Å². The van der Waals surface area contributed by atoms with Crippen molar-refractivity contribution in [3.63, 3.8) is 0 Å². The van der Waals surface area contributed by atoms with E-state index in [0.29, 0.717) is 23.5 Å². The van der Waals surface area contributed by atoms with Crippen molar-refractivity contribution in [1.29, 1.82) is 5.41 Å². The number of nitrogen functional groups attached to an aromatic ring is 1. The Hall–Kier alpha value is -6.38. The van der Waals surface area contributed by atoms with Gasteiger partial charge >= 0.3 is 5.97 Å². The number of nitrogens with one attached hydrogen (secondary N) is 1. The van der Waals surface area contributed by atoms with Gasteiger partial charge in [0.25, 0.3) is 11.8 Å². The number of amidine groups is 2. The summed E-state index contributed by atoms with van der Waals surface area (Å²) in [5.41, 5.74) is 6.70. The summed E-state index contributed by atoms with van der Waals surface area (Å²) in [4.78, 5) is 21.4. The lowest BCUT2D eigenvalue weighted by Crippen LogP contribution is -2.23. The number of phenols is 1. The van der Waals surface area contributed by atoms with Gasteiger partial charge in [-0.1, -0.05) is 12.1 Å². The van der Waals surface area contributed by atoms with Crippen molar-refractivity contribution >= 4 is 23.7 Å². The highest BCUT2D eigenvalue weighted by Gasteiger charge is 2.29. The second kappa shape index (κ2) is 13.9. The van der Waals surface area contributed by atoms with Crippen LogP contribution in [0.2, 0.25) is 0 Å². The second-order valence-electron chi connectivity index (χ2n) is 10.2. The first-order valence-corrected chi connectivity index (χ1v) is 14.1. The molecule has 4 aromatic rings. The SMILES string of the molecule is COc1cc(C=CC(=O)O)cc(OC)c1Oc1c(F)c(Oc2cccc(C3=NCCN3C)c2)nc(Oc2cc(C(=N)N)ccc2O)c1F. The number of aliphatic carboxylic acids is 1. The van der Waals surface area contributed by atoms with Gasteiger partial charge < -0.3 is 44.5 Å². The van der Waals surface area contributed by atoms with Crippen LogP contribution in [0.1, 0.15) is 16.7 Å². The van der Waals surface area contributed by atoms with E-state index in [0.717, 1.165) is 12.6 Å². The monoisotopic (exact) mass is 661 g/mol. The highest BCUT2D eigenvalue weighted by atomic mass is 19.1. The fraction of sp³-hybridized carbons (Fsp3) is 0.152. The summed E-state index contributed by atoms with van der Waals surface area (Å²) >= 11 is 0. The van der Waals surface area contributed by atoms with E-state index < -0.39 is 40.9 Å². The predicted octanol–water partition coefficient (Wildman–Crippen LogP) is 5.53. The Labute approximate surface area is 272 Å². The van der Waals surface area contributed by atoms with E-state index in [1.807, 2.05) is 11.9 Å². The number of phenolic OH excluding ortho intramolecular Hbond substituents is 1. The van der Waals surface area contributed by atoms with Crippen LogP contribution in [0.15, 0.2) is 65.7 Å². The fourth-order valence-electron chi connectivity index (χ4n) is 4.59. The minimum absolute atomic E-state index is 0.0686. The zero-order valence-corrected chi connectivity index (χ0v) is 25.8. The minimum atomic E-state index is -1.44. The molecule has 1 aliphatic heterocycles. The summed E-state index contributed by atoms with van der Waals surface area (Å²) in [5.74, 6) is -7.47. The van der Waals surface area contributed by atoms with E-state index in [1.54, 1.807) is 18.2 Å².